The SMILES string of the molecule is CC[C@H](C[N+](C)(C)C)OC(C)(C)C. The van der Waals surface area contributed by atoms with Gasteiger partial charge in [0, 0.05) is 0 Å². The van der Waals surface area contributed by atoms with Gasteiger partial charge in [0.05, 0.1) is 26.7 Å². The van der Waals surface area contributed by atoms with Crippen LogP contribution < -0.4 is 0 Å². The highest BCUT2D eigenvalue weighted by molar-refractivity contribution is 4.64. The van der Waals surface area contributed by atoms with Gasteiger partial charge in [-0.25, -0.2) is 0 Å². The van der Waals surface area contributed by atoms with Crippen LogP contribution in [0.15, 0.2) is 0 Å². The van der Waals surface area contributed by atoms with Crippen molar-refractivity contribution in [2.24, 2.45) is 0 Å². The summed E-state index contributed by atoms with van der Waals surface area (Å²) < 4.78 is 6.91. The summed E-state index contributed by atoms with van der Waals surface area (Å²) in [6.07, 6.45) is 1.47. The lowest BCUT2D eigenvalue weighted by molar-refractivity contribution is -0.874. The third-order valence-electron chi connectivity index (χ3n) is 1.73. The quantitative estimate of drug-likeness (QED) is 0.615. The molecule has 0 saturated carbocycles. The number of rotatable bonds is 4. The number of likely N-dealkylation sites (N-methyl/N-ethyl adjacent to an activating group) is 1. The molecule has 0 aromatic carbocycles. The molecule has 0 aromatic rings. The Morgan fingerprint density at radius 1 is 1.15 bits per heavy atom. The molecule has 0 N–H and O–H groups in total. The van der Waals surface area contributed by atoms with Gasteiger partial charge in [0.25, 0.3) is 0 Å². The van der Waals surface area contributed by atoms with Gasteiger partial charge >= 0.3 is 0 Å². The van der Waals surface area contributed by atoms with Crippen LogP contribution in [0.2, 0.25) is 0 Å². The molecule has 0 bridgehead atoms. The molecule has 0 fully saturated rings. The summed E-state index contributed by atoms with van der Waals surface area (Å²) in [4.78, 5) is 0. The van der Waals surface area contributed by atoms with Crippen molar-refractivity contribution in [1.82, 2.24) is 0 Å². The molecule has 0 radical (unpaired) electrons. The topological polar surface area (TPSA) is 9.23 Å². The van der Waals surface area contributed by atoms with Crippen LogP contribution in [0.3, 0.4) is 0 Å². The Morgan fingerprint density at radius 3 is 1.85 bits per heavy atom. The summed E-state index contributed by atoms with van der Waals surface area (Å²) in [6.45, 7) is 9.61. The van der Waals surface area contributed by atoms with E-state index in [1.165, 1.54) is 0 Å². The molecule has 2 nitrogen and oxygen atoms in total. The number of quaternary nitrogens is 1. The zero-order chi connectivity index (χ0) is 10.7. The Kier molecular flexibility index (Phi) is 4.40. The van der Waals surface area contributed by atoms with Gasteiger partial charge in [0.2, 0.25) is 0 Å². The number of nitrogens with zero attached hydrogens (tertiary/aromatic N) is 1. The average molecular weight is 188 g/mol. The van der Waals surface area contributed by atoms with E-state index >= 15 is 0 Å². The van der Waals surface area contributed by atoms with Crippen LogP contribution in [0.4, 0.5) is 0 Å². The summed E-state index contributed by atoms with van der Waals surface area (Å²) in [5.74, 6) is 0. The summed E-state index contributed by atoms with van der Waals surface area (Å²) in [7, 11) is 6.61. The molecule has 1 atom stereocenters. The molecule has 0 aliphatic carbocycles. The van der Waals surface area contributed by atoms with Gasteiger partial charge < -0.3 is 9.22 Å². The molecule has 2 heteroatoms. The van der Waals surface area contributed by atoms with Crippen molar-refractivity contribution in [1.29, 1.82) is 0 Å². The fourth-order valence-electron chi connectivity index (χ4n) is 1.36. The second-order valence-electron chi connectivity index (χ2n) is 5.73. The summed E-state index contributed by atoms with van der Waals surface area (Å²) in [5.41, 5.74) is -0.0180. The smallest absolute Gasteiger partial charge is 0.107 e. The van der Waals surface area contributed by atoms with E-state index in [1.807, 2.05) is 0 Å². The number of hydrogen-bond donors (Lipinski definition) is 0. The van der Waals surface area contributed by atoms with Gasteiger partial charge in [0.15, 0.2) is 0 Å². The third kappa shape index (κ3) is 8.26. The summed E-state index contributed by atoms with van der Waals surface area (Å²) >= 11 is 0. The lowest BCUT2D eigenvalue weighted by Gasteiger charge is -2.32. The van der Waals surface area contributed by atoms with Gasteiger partial charge in [-0.2, -0.15) is 0 Å². The van der Waals surface area contributed by atoms with Crippen molar-refractivity contribution in [3.63, 3.8) is 0 Å². The van der Waals surface area contributed by atoms with Crippen molar-refractivity contribution < 1.29 is 9.22 Å². The van der Waals surface area contributed by atoms with Crippen LogP contribution in [-0.4, -0.2) is 43.9 Å². The Morgan fingerprint density at radius 2 is 1.62 bits per heavy atom. The van der Waals surface area contributed by atoms with Crippen molar-refractivity contribution >= 4 is 0 Å². The van der Waals surface area contributed by atoms with Gasteiger partial charge in [-0.15, -0.1) is 0 Å². The summed E-state index contributed by atoms with van der Waals surface area (Å²) in [6, 6.07) is 0. The zero-order valence-electron chi connectivity index (χ0n) is 10.3. The number of hydrogen-bond acceptors (Lipinski definition) is 1. The van der Waals surface area contributed by atoms with Crippen molar-refractivity contribution in [3.8, 4) is 0 Å². The van der Waals surface area contributed by atoms with E-state index in [4.69, 9.17) is 4.74 Å². The van der Waals surface area contributed by atoms with E-state index in [2.05, 4.69) is 48.8 Å². The van der Waals surface area contributed by atoms with Crippen LogP contribution in [0, 0.1) is 0 Å². The fraction of sp³-hybridized carbons (Fsp3) is 1.00. The maximum atomic E-state index is 5.95. The third-order valence-corrected chi connectivity index (χ3v) is 1.73. The molecule has 0 heterocycles. The van der Waals surface area contributed by atoms with E-state index in [0.29, 0.717) is 6.10 Å². The summed E-state index contributed by atoms with van der Waals surface area (Å²) in [5, 5.41) is 0. The Bertz CT molecular complexity index is 125. The molecule has 0 unspecified atom stereocenters. The lowest BCUT2D eigenvalue weighted by Crippen LogP contribution is -2.44. The van der Waals surface area contributed by atoms with Crippen LogP contribution in [0.1, 0.15) is 34.1 Å². The molecular weight excluding hydrogens is 162 g/mol. The highest BCUT2D eigenvalue weighted by atomic mass is 16.5. The van der Waals surface area contributed by atoms with Gasteiger partial charge in [-0.05, 0) is 27.2 Å². The van der Waals surface area contributed by atoms with Crippen LogP contribution in [0.25, 0.3) is 0 Å². The average Bonchev–Trinajstić information content (AvgIpc) is 1.79. The minimum absolute atomic E-state index is 0.0180. The van der Waals surface area contributed by atoms with Crippen molar-refractivity contribution in [2.75, 3.05) is 27.7 Å². The first-order valence-corrected chi connectivity index (χ1v) is 5.12. The molecular formula is C11H26NO+. The maximum absolute atomic E-state index is 5.95. The van der Waals surface area contributed by atoms with Gasteiger partial charge in [-0.3, -0.25) is 0 Å². The van der Waals surface area contributed by atoms with Crippen LogP contribution in [-0.2, 0) is 4.74 Å². The highest BCUT2D eigenvalue weighted by Gasteiger charge is 2.22. The molecule has 0 rings (SSSR count). The second-order valence-corrected chi connectivity index (χ2v) is 5.73. The predicted octanol–water partition coefficient (Wildman–Crippen LogP) is 2.29. The minimum Gasteiger partial charge on any atom is -0.367 e. The van der Waals surface area contributed by atoms with Crippen LogP contribution in [0.5, 0.6) is 0 Å². The van der Waals surface area contributed by atoms with E-state index < -0.39 is 0 Å². The Labute approximate surface area is 83.5 Å². The van der Waals surface area contributed by atoms with Crippen molar-refractivity contribution in [3.05, 3.63) is 0 Å². The van der Waals surface area contributed by atoms with Crippen molar-refractivity contribution in [2.45, 2.75) is 45.8 Å². The Balaban J connectivity index is 4.05. The molecule has 13 heavy (non-hydrogen) atoms. The van der Waals surface area contributed by atoms with E-state index in [0.717, 1.165) is 17.4 Å². The molecule has 0 aliphatic rings. The first-order valence-electron chi connectivity index (χ1n) is 5.12. The van der Waals surface area contributed by atoms with E-state index in [9.17, 15) is 0 Å². The fourth-order valence-corrected chi connectivity index (χ4v) is 1.36. The van der Waals surface area contributed by atoms with Gasteiger partial charge in [-0.1, -0.05) is 6.92 Å². The minimum atomic E-state index is -0.0180. The lowest BCUT2D eigenvalue weighted by atomic mass is 10.1. The predicted molar refractivity (Wildman–Crippen MR) is 57.8 cm³/mol. The van der Waals surface area contributed by atoms with Crippen LogP contribution >= 0.6 is 0 Å². The molecule has 0 spiro atoms. The molecule has 0 saturated heterocycles. The maximum Gasteiger partial charge on any atom is 0.107 e. The second kappa shape index (κ2) is 4.43. The van der Waals surface area contributed by atoms with E-state index in [-0.39, 0.29) is 5.60 Å². The first kappa shape index (κ1) is 12.9. The standard InChI is InChI=1S/C11H26NO/c1-8-10(9-12(5,6)7)13-11(2,3)4/h10H,8-9H2,1-7H3/q+1/t10-/m1/s1. The number of ether oxygens (including phenoxy) is 1. The first-order chi connectivity index (χ1) is 5.64. The highest BCUT2D eigenvalue weighted by Crippen LogP contribution is 2.14. The normalized spacial score (nSPS) is 15.9. The molecule has 0 aromatic heterocycles. The monoisotopic (exact) mass is 188 g/mol. The molecule has 0 aliphatic heterocycles. The molecule has 0 amide bonds. The zero-order valence-corrected chi connectivity index (χ0v) is 10.3. The Hall–Kier alpha value is -0.0800. The van der Waals surface area contributed by atoms with E-state index in [1.54, 1.807) is 0 Å². The largest absolute Gasteiger partial charge is 0.367 e. The van der Waals surface area contributed by atoms with Gasteiger partial charge in [0.1, 0.15) is 12.6 Å². The molecule has 80 valence electrons.